The maximum Gasteiger partial charge on any atom is 0.417 e. The second-order valence-electron chi connectivity index (χ2n) is 3.85. The Morgan fingerprint density at radius 3 is 2.50 bits per heavy atom. The second-order valence-corrected chi connectivity index (χ2v) is 4.25. The van der Waals surface area contributed by atoms with E-state index in [0.717, 1.165) is 5.56 Å². The van der Waals surface area contributed by atoms with Crippen molar-refractivity contribution in [3.8, 4) is 5.75 Å². The van der Waals surface area contributed by atoms with Gasteiger partial charge in [0.15, 0.2) is 6.10 Å². The summed E-state index contributed by atoms with van der Waals surface area (Å²) < 4.78 is 40.9. The summed E-state index contributed by atoms with van der Waals surface area (Å²) in [5, 5.41) is 8.92. The third kappa shape index (κ3) is 4.04. The van der Waals surface area contributed by atoms with Gasteiger partial charge in [0, 0.05) is 6.04 Å². The second kappa shape index (κ2) is 5.77. The van der Waals surface area contributed by atoms with Gasteiger partial charge in [-0.25, -0.2) is 0 Å². The lowest BCUT2D eigenvalue weighted by molar-refractivity contribution is -0.210. The van der Waals surface area contributed by atoms with Gasteiger partial charge >= 0.3 is 6.18 Å². The fraction of sp³-hybridized carbons (Fsp3) is 0.455. The van der Waals surface area contributed by atoms with Gasteiger partial charge in [0.05, 0.1) is 5.02 Å². The summed E-state index contributed by atoms with van der Waals surface area (Å²) in [4.78, 5) is 0. The van der Waals surface area contributed by atoms with Gasteiger partial charge in [-0.15, -0.1) is 0 Å². The van der Waals surface area contributed by atoms with Crippen molar-refractivity contribution in [1.82, 2.24) is 0 Å². The molecule has 102 valence electrons. The average Bonchev–Trinajstić information content (AvgIpc) is 2.25. The van der Waals surface area contributed by atoms with E-state index in [1.54, 1.807) is 13.0 Å². The molecule has 1 unspecified atom stereocenters. The van der Waals surface area contributed by atoms with Gasteiger partial charge in [0.2, 0.25) is 0 Å². The zero-order valence-corrected chi connectivity index (χ0v) is 10.3. The Kier molecular flexibility index (Phi) is 4.84. The largest absolute Gasteiger partial charge is 0.489 e. The number of benzene rings is 1. The van der Waals surface area contributed by atoms with E-state index in [0.29, 0.717) is 0 Å². The molecule has 1 aromatic carbocycles. The van der Waals surface area contributed by atoms with Crippen LogP contribution in [-0.4, -0.2) is 24.0 Å². The van der Waals surface area contributed by atoms with Crippen LogP contribution >= 0.6 is 11.6 Å². The summed E-state index contributed by atoms with van der Waals surface area (Å²) in [6, 6.07) is 4.30. The highest BCUT2D eigenvalue weighted by atomic mass is 35.5. The van der Waals surface area contributed by atoms with Crippen LogP contribution in [0.4, 0.5) is 13.2 Å². The number of nitrogens with two attached hydrogens (primary N) is 1. The minimum absolute atomic E-state index is 0.0735. The van der Waals surface area contributed by atoms with Crippen molar-refractivity contribution in [3.05, 3.63) is 28.8 Å². The van der Waals surface area contributed by atoms with Gasteiger partial charge in [-0.05, 0) is 24.6 Å². The molecular formula is C11H13ClF3NO2. The molecule has 0 heterocycles. The first-order valence-corrected chi connectivity index (χ1v) is 5.52. The monoisotopic (exact) mass is 283 g/mol. The predicted octanol–water partition coefficient (Wildman–Crippen LogP) is 2.66. The smallest absolute Gasteiger partial charge is 0.417 e. The Labute approximate surface area is 107 Å². The summed E-state index contributed by atoms with van der Waals surface area (Å²) in [6.45, 7) is 0.848. The molecule has 0 aliphatic rings. The normalized spacial score (nSPS) is 15.3. The van der Waals surface area contributed by atoms with Crippen molar-refractivity contribution in [2.45, 2.75) is 25.2 Å². The molecular weight excluding hydrogens is 271 g/mol. The summed E-state index contributed by atoms with van der Waals surface area (Å²) in [5.41, 5.74) is 6.36. The summed E-state index contributed by atoms with van der Waals surface area (Å²) >= 11 is 5.83. The first-order valence-electron chi connectivity index (χ1n) is 5.14. The van der Waals surface area contributed by atoms with Crippen LogP contribution in [0.5, 0.6) is 5.75 Å². The number of aliphatic hydroxyl groups is 1. The summed E-state index contributed by atoms with van der Waals surface area (Å²) in [5.74, 6) is 0.0735. The number of alkyl halides is 3. The fourth-order valence-corrected chi connectivity index (χ4v) is 1.42. The molecule has 18 heavy (non-hydrogen) atoms. The Morgan fingerprint density at radius 2 is 2.06 bits per heavy atom. The molecule has 3 nitrogen and oxygen atoms in total. The Balaban J connectivity index is 2.69. The standard InChI is InChI=1S/C11H13ClF3NO2/c1-6(16)7-2-3-9(8(12)4-7)18-5-10(17)11(13,14)15/h2-4,6,10,17H,5,16H2,1H3/t6-,10?/m1/s1. The van der Waals surface area contributed by atoms with Crippen molar-refractivity contribution in [1.29, 1.82) is 0 Å². The van der Waals surface area contributed by atoms with Crippen LogP contribution in [0.1, 0.15) is 18.5 Å². The lowest BCUT2D eigenvalue weighted by Gasteiger charge is -2.16. The molecule has 0 aliphatic heterocycles. The van der Waals surface area contributed by atoms with E-state index in [9.17, 15) is 13.2 Å². The van der Waals surface area contributed by atoms with Crippen LogP contribution in [0.2, 0.25) is 5.02 Å². The lowest BCUT2D eigenvalue weighted by Crippen LogP contribution is -2.34. The molecule has 0 spiro atoms. The van der Waals surface area contributed by atoms with E-state index >= 15 is 0 Å². The predicted molar refractivity (Wildman–Crippen MR) is 61.6 cm³/mol. The van der Waals surface area contributed by atoms with Gasteiger partial charge < -0.3 is 15.6 Å². The van der Waals surface area contributed by atoms with Crippen molar-refractivity contribution >= 4 is 11.6 Å². The van der Waals surface area contributed by atoms with Crippen LogP contribution in [0.15, 0.2) is 18.2 Å². The number of ether oxygens (including phenoxy) is 1. The van der Waals surface area contributed by atoms with Gasteiger partial charge in [-0.1, -0.05) is 17.7 Å². The topological polar surface area (TPSA) is 55.5 Å². The molecule has 1 rings (SSSR count). The number of hydrogen-bond donors (Lipinski definition) is 2. The van der Waals surface area contributed by atoms with Crippen LogP contribution in [-0.2, 0) is 0 Å². The third-order valence-corrected chi connectivity index (χ3v) is 2.55. The quantitative estimate of drug-likeness (QED) is 0.893. The summed E-state index contributed by atoms with van der Waals surface area (Å²) in [7, 11) is 0. The first kappa shape index (κ1) is 15.1. The first-order chi connectivity index (χ1) is 8.21. The van der Waals surface area contributed by atoms with E-state index in [-0.39, 0.29) is 16.8 Å². The Bertz CT molecular complexity index is 410. The molecule has 0 aliphatic carbocycles. The number of hydrogen-bond acceptors (Lipinski definition) is 3. The lowest BCUT2D eigenvalue weighted by atomic mass is 10.1. The van der Waals surface area contributed by atoms with E-state index in [1.165, 1.54) is 12.1 Å². The third-order valence-electron chi connectivity index (χ3n) is 2.26. The number of rotatable bonds is 4. The molecule has 0 saturated carbocycles. The summed E-state index contributed by atoms with van der Waals surface area (Å²) in [6.07, 6.45) is -7.25. The maximum absolute atomic E-state index is 12.0. The van der Waals surface area contributed by atoms with Crippen LogP contribution < -0.4 is 10.5 Å². The van der Waals surface area contributed by atoms with Crippen molar-refractivity contribution in [2.75, 3.05) is 6.61 Å². The van der Waals surface area contributed by atoms with Gasteiger partial charge in [-0.3, -0.25) is 0 Å². The molecule has 2 atom stereocenters. The average molecular weight is 284 g/mol. The molecule has 7 heteroatoms. The van der Waals surface area contributed by atoms with Crippen LogP contribution in [0, 0.1) is 0 Å². The molecule has 0 saturated heterocycles. The Hall–Kier alpha value is -0.980. The molecule has 0 bridgehead atoms. The fourth-order valence-electron chi connectivity index (χ4n) is 1.18. The number of halogens is 4. The van der Waals surface area contributed by atoms with E-state index in [4.69, 9.17) is 27.2 Å². The van der Waals surface area contributed by atoms with E-state index in [1.807, 2.05) is 0 Å². The SMILES string of the molecule is C[C@@H](N)c1ccc(OCC(O)C(F)(F)F)c(Cl)c1. The number of aliphatic hydroxyl groups excluding tert-OH is 1. The maximum atomic E-state index is 12.0. The zero-order valence-electron chi connectivity index (χ0n) is 9.54. The minimum atomic E-state index is -4.71. The minimum Gasteiger partial charge on any atom is -0.489 e. The van der Waals surface area contributed by atoms with E-state index < -0.39 is 18.9 Å². The molecule has 0 amide bonds. The van der Waals surface area contributed by atoms with E-state index in [2.05, 4.69) is 0 Å². The van der Waals surface area contributed by atoms with Crippen molar-refractivity contribution in [2.24, 2.45) is 5.73 Å². The highest BCUT2D eigenvalue weighted by molar-refractivity contribution is 6.32. The molecule has 0 radical (unpaired) electrons. The zero-order chi connectivity index (χ0) is 13.9. The van der Waals surface area contributed by atoms with Gasteiger partial charge in [-0.2, -0.15) is 13.2 Å². The highest BCUT2D eigenvalue weighted by Crippen LogP contribution is 2.28. The van der Waals surface area contributed by atoms with Crippen molar-refractivity contribution in [3.63, 3.8) is 0 Å². The highest BCUT2D eigenvalue weighted by Gasteiger charge is 2.38. The van der Waals surface area contributed by atoms with Crippen molar-refractivity contribution < 1.29 is 23.0 Å². The molecule has 1 aromatic rings. The van der Waals surface area contributed by atoms with Gasteiger partial charge in [0.25, 0.3) is 0 Å². The molecule has 0 fully saturated rings. The molecule has 3 N–H and O–H groups in total. The molecule has 0 aromatic heterocycles. The van der Waals surface area contributed by atoms with Crippen LogP contribution in [0.25, 0.3) is 0 Å². The Morgan fingerprint density at radius 1 is 1.44 bits per heavy atom. The van der Waals surface area contributed by atoms with Crippen LogP contribution in [0.3, 0.4) is 0 Å². The van der Waals surface area contributed by atoms with Gasteiger partial charge in [0.1, 0.15) is 12.4 Å².